The highest BCUT2D eigenvalue weighted by Crippen LogP contribution is 2.19. The van der Waals surface area contributed by atoms with E-state index in [-0.39, 0.29) is 24.3 Å². The number of nitrogens with one attached hydrogen (secondary N) is 2. The van der Waals surface area contributed by atoms with Crippen LogP contribution in [0.25, 0.3) is 0 Å². The van der Waals surface area contributed by atoms with Crippen LogP contribution in [0.2, 0.25) is 0 Å². The van der Waals surface area contributed by atoms with E-state index in [1.165, 1.54) is 0 Å². The highest BCUT2D eigenvalue weighted by Gasteiger charge is 2.33. The molecule has 2 atom stereocenters. The number of hydrogen-bond donors (Lipinski definition) is 2. The first-order valence-electron chi connectivity index (χ1n) is 5.94. The maximum absolute atomic E-state index is 12.2. The van der Waals surface area contributed by atoms with Crippen molar-refractivity contribution in [1.82, 2.24) is 15.5 Å². The van der Waals surface area contributed by atoms with E-state index in [0.29, 0.717) is 19.0 Å². The van der Waals surface area contributed by atoms with Crippen LogP contribution in [-0.2, 0) is 9.59 Å². The SMILES string of the molecule is C[C@@H]1CNC[C@H]1C(=O)N1CCCNC(=O)C1. The van der Waals surface area contributed by atoms with Gasteiger partial charge >= 0.3 is 0 Å². The number of carbonyl (C=O) groups is 2. The van der Waals surface area contributed by atoms with E-state index in [1.807, 2.05) is 0 Å². The lowest BCUT2D eigenvalue weighted by Gasteiger charge is -2.24. The monoisotopic (exact) mass is 225 g/mol. The minimum atomic E-state index is -0.0375. The molecule has 2 aliphatic heterocycles. The summed E-state index contributed by atoms with van der Waals surface area (Å²) < 4.78 is 0. The lowest BCUT2D eigenvalue weighted by molar-refractivity contribution is -0.139. The van der Waals surface area contributed by atoms with E-state index >= 15 is 0 Å². The third kappa shape index (κ3) is 2.35. The summed E-state index contributed by atoms with van der Waals surface area (Å²) in [5.74, 6) is 0.517. The van der Waals surface area contributed by atoms with Crippen LogP contribution in [0.15, 0.2) is 0 Å². The van der Waals surface area contributed by atoms with E-state index in [2.05, 4.69) is 17.6 Å². The summed E-state index contributed by atoms with van der Waals surface area (Å²) in [6.45, 7) is 5.33. The minimum Gasteiger partial charge on any atom is -0.354 e. The quantitative estimate of drug-likeness (QED) is 0.613. The molecule has 5 heteroatoms. The molecule has 2 N–H and O–H groups in total. The van der Waals surface area contributed by atoms with Crippen LogP contribution in [0.1, 0.15) is 13.3 Å². The van der Waals surface area contributed by atoms with Gasteiger partial charge in [-0.2, -0.15) is 0 Å². The molecule has 90 valence electrons. The maximum Gasteiger partial charge on any atom is 0.239 e. The molecule has 2 aliphatic rings. The zero-order valence-corrected chi connectivity index (χ0v) is 9.66. The highest BCUT2D eigenvalue weighted by molar-refractivity contribution is 5.86. The second-order valence-corrected chi connectivity index (χ2v) is 4.71. The van der Waals surface area contributed by atoms with E-state index in [1.54, 1.807) is 4.90 Å². The van der Waals surface area contributed by atoms with E-state index in [4.69, 9.17) is 0 Å². The molecule has 2 saturated heterocycles. The average molecular weight is 225 g/mol. The fourth-order valence-corrected chi connectivity index (χ4v) is 2.37. The molecule has 0 aromatic carbocycles. The van der Waals surface area contributed by atoms with Gasteiger partial charge in [-0.25, -0.2) is 0 Å². The molecule has 0 aromatic heterocycles. The molecule has 0 radical (unpaired) electrons. The van der Waals surface area contributed by atoms with Gasteiger partial charge in [0, 0.05) is 19.6 Å². The third-order valence-corrected chi connectivity index (χ3v) is 3.41. The molecule has 2 fully saturated rings. The van der Waals surface area contributed by atoms with E-state index < -0.39 is 0 Å². The molecular weight excluding hydrogens is 206 g/mol. The first kappa shape index (κ1) is 11.4. The van der Waals surface area contributed by atoms with Crippen LogP contribution in [0.3, 0.4) is 0 Å². The molecule has 0 aliphatic carbocycles. The largest absolute Gasteiger partial charge is 0.354 e. The maximum atomic E-state index is 12.2. The molecule has 2 heterocycles. The van der Waals surface area contributed by atoms with E-state index in [9.17, 15) is 9.59 Å². The fourth-order valence-electron chi connectivity index (χ4n) is 2.37. The minimum absolute atomic E-state index is 0.0375. The number of amides is 2. The van der Waals surface area contributed by atoms with Crippen molar-refractivity contribution in [2.75, 3.05) is 32.7 Å². The summed E-state index contributed by atoms with van der Waals surface area (Å²) in [5.41, 5.74) is 0. The normalized spacial score (nSPS) is 31.1. The Balaban J connectivity index is 1.99. The van der Waals surface area contributed by atoms with Crippen LogP contribution >= 0.6 is 0 Å². The van der Waals surface area contributed by atoms with Crippen molar-refractivity contribution in [3.05, 3.63) is 0 Å². The predicted octanol–water partition coefficient (Wildman–Crippen LogP) is -0.810. The van der Waals surface area contributed by atoms with Gasteiger partial charge in [0.05, 0.1) is 12.5 Å². The number of carbonyl (C=O) groups excluding carboxylic acids is 2. The average Bonchev–Trinajstić information content (AvgIpc) is 2.55. The molecule has 2 rings (SSSR count). The number of hydrogen-bond acceptors (Lipinski definition) is 3. The molecule has 0 bridgehead atoms. The Morgan fingerprint density at radius 2 is 2.25 bits per heavy atom. The lowest BCUT2D eigenvalue weighted by Crippen LogP contribution is -2.42. The zero-order valence-electron chi connectivity index (χ0n) is 9.66. The lowest BCUT2D eigenvalue weighted by atomic mass is 9.96. The Labute approximate surface area is 95.6 Å². The Bertz CT molecular complexity index is 293. The number of rotatable bonds is 1. The molecule has 16 heavy (non-hydrogen) atoms. The van der Waals surface area contributed by atoms with Crippen molar-refractivity contribution in [3.63, 3.8) is 0 Å². The summed E-state index contributed by atoms with van der Waals surface area (Å²) in [4.78, 5) is 25.3. The Kier molecular flexibility index (Phi) is 3.43. The summed E-state index contributed by atoms with van der Waals surface area (Å²) in [7, 11) is 0. The molecule has 2 amide bonds. The van der Waals surface area contributed by atoms with Gasteiger partial charge in [0.25, 0.3) is 0 Å². The Morgan fingerprint density at radius 1 is 1.44 bits per heavy atom. The van der Waals surface area contributed by atoms with Gasteiger partial charge in [-0.1, -0.05) is 6.92 Å². The van der Waals surface area contributed by atoms with Crippen molar-refractivity contribution >= 4 is 11.8 Å². The van der Waals surface area contributed by atoms with Crippen molar-refractivity contribution in [3.8, 4) is 0 Å². The van der Waals surface area contributed by atoms with Gasteiger partial charge in [0.2, 0.25) is 11.8 Å². The van der Waals surface area contributed by atoms with Crippen LogP contribution in [0.4, 0.5) is 0 Å². The topological polar surface area (TPSA) is 61.4 Å². The first-order chi connectivity index (χ1) is 7.68. The van der Waals surface area contributed by atoms with Crippen molar-refractivity contribution in [2.24, 2.45) is 11.8 Å². The standard InChI is InChI=1S/C11H19N3O2/c1-8-5-12-6-9(8)11(16)14-4-2-3-13-10(15)7-14/h8-9,12H,2-7H2,1H3,(H,13,15)/t8-,9-/m1/s1. The van der Waals surface area contributed by atoms with Crippen LogP contribution in [0, 0.1) is 11.8 Å². The number of nitrogens with zero attached hydrogens (tertiary/aromatic N) is 1. The van der Waals surface area contributed by atoms with Crippen molar-refractivity contribution in [2.45, 2.75) is 13.3 Å². The van der Waals surface area contributed by atoms with Crippen LogP contribution < -0.4 is 10.6 Å². The summed E-state index contributed by atoms with van der Waals surface area (Å²) in [6, 6.07) is 0. The highest BCUT2D eigenvalue weighted by atomic mass is 16.2. The third-order valence-electron chi connectivity index (χ3n) is 3.41. The summed E-state index contributed by atoms with van der Waals surface area (Å²) in [6.07, 6.45) is 0.853. The van der Waals surface area contributed by atoms with Crippen molar-refractivity contribution in [1.29, 1.82) is 0 Å². The van der Waals surface area contributed by atoms with Gasteiger partial charge in [-0.15, -0.1) is 0 Å². The summed E-state index contributed by atoms with van der Waals surface area (Å²) >= 11 is 0. The molecular formula is C11H19N3O2. The molecule has 0 unspecified atom stereocenters. The Morgan fingerprint density at radius 3 is 2.94 bits per heavy atom. The molecule has 0 spiro atoms. The van der Waals surface area contributed by atoms with Crippen molar-refractivity contribution < 1.29 is 9.59 Å². The zero-order chi connectivity index (χ0) is 11.5. The second-order valence-electron chi connectivity index (χ2n) is 4.71. The van der Waals surface area contributed by atoms with E-state index in [0.717, 1.165) is 19.5 Å². The molecule has 0 aromatic rings. The smallest absolute Gasteiger partial charge is 0.239 e. The van der Waals surface area contributed by atoms with Gasteiger partial charge in [0.1, 0.15) is 0 Å². The summed E-state index contributed by atoms with van der Waals surface area (Å²) in [5, 5.41) is 6.00. The second kappa shape index (κ2) is 4.82. The van der Waals surface area contributed by atoms with Crippen LogP contribution in [0.5, 0.6) is 0 Å². The van der Waals surface area contributed by atoms with Gasteiger partial charge < -0.3 is 15.5 Å². The molecule has 0 saturated carbocycles. The Hall–Kier alpha value is -1.10. The predicted molar refractivity (Wildman–Crippen MR) is 59.7 cm³/mol. The molecule has 5 nitrogen and oxygen atoms in total. The first-order valence-corrected chi connectivity index (χ1v) is 5.94. The fraction of sp³-hybridized carbons (Fsp3) is 0.818. The van der Waals surface area contributed by atoms with Gasteiger partial charge in [-0.05, 0) is 18.9 Å². The van der Waals surface area contributed by atoms with Gasteiger partial charge in [-0.3, -0.25) is 9.59 Å². The van der Waals surface area contributed by atoms with Gasteiger partial charge in [0.15, 0.2) is 0 Å². The van der Waals surface area contributed by atoms with Crippen LogP contribution in [-0.4, -0.2) is 49.4 Å².